The standard InChI is InChI=1S/C10H8O2/c11-9-5-6-10(12)8-4-2-1-3-7(8)9/h1,3,5-6H,2,4H2. The van der Waals surface area contributed by atoms with E-state index in [1.807, 2.05) is 6.08 Å². The Hall–Kier alpha value is -1.44. The van der Waals surface area contributed by atoms with E-state index in [2.05, 4.69) is 0 Å². The second kappa shape index (κ2) is 2.55. The van der Waals surface area contributed by atoms with E-state index in [4.69, 9.17) is 0 Å². The van der Waals surface area contributed by atoms with Crippen molar-refractivity contribution in [2.24, 2.45) is 0 Å². The Bertz CT molecular complexity index is 343. The second-order valence-electron chi connectivity index (χ2n) is 2.90. The molecule has 0 aromatic carbocycles. The summed E-state index contributed by atoms with van der Waals surface area (Å²) in [4.78, 5) is 22.5. The summed E-state index contributed by atoms with van der Waals surface area (Å²) in [5, 5.41) is 0. The zero-order chi connectivity index (χ0) is 8.55. The molecule has 60 valence electrons. The average Bonchev–Trinajstić information content (AvgIpc) is 2.12. The van der Waals surface area contributed by atoms with Crippen molar-refractivity contribution in [3.8, 4) is 0 Å². The Kier molecular flexibility index (Phi) is 1.54. The summed E-state index contributed by atoms with van der Waals surface area (Å²) in [7, 11) is 0. The van der Waals surface area contributed by atoms with E-state index in [9.17, 15) is 9.59 Å². The smallest absolute Gasteiger partial charge is 0.186 e. The normalized spacial score (nSPS) is 21.7. The van der Waals surface area contributed by atoms with Crippen LogP contribution in [0.4, 0.5) is 0 Å². The molecule has 0 bridgehead atoms. The van der Waals surface area contributed by atoms with Crippen molar-refractivity contribution in [2.75, 3.05) is 0 Å². The first-order valence-corrected chi connectivity index (χ1v) is 3.95. The first-order valence-electron chi connectivity index (χ1n) is 3.95. The monoisotopic (exact) mass is 160 g/mol. The fourth-order valence-corrected chi connectivity index (χ4v) is 1.49. The summed E-state index contributed by atoms with van der Waals surface area (Å²) < 4.78 is 0. The summed E-state index contributed by atoms with van der Waals surface area (Å²) in [6.07, 6.45) is 7.97. The molecule has 0 saturated carbocycles. The number of ketones is 2. The predicted octanol–water partition coefficient (Wildman–Crippen LogP) is 1.34. The lowest BCUT2D eigenvalue weighted by atomic mass is 9.88. The van der Waals surface area contributed by atoms with E-state index in [1.54, 1.807) is 6.08 Å². The Balaban J connectivity index is 2.51. The van der Waals surface area contributed by atoms with Crippen molar-refractivity contribution in [2.45, 2.75) is 12.8 Å². The highest BCUT2D eigenvalue weighted by molar-refractivity contribution is 6.21. The first kappa shape index (κ1) is 7.22. The van der Waals surface area contributed by atoms with Gasteiger partial charge in [0.25, 0.3) is 0 Å². The zero-order valence-electron chi connectivity index (χ0n) is 6.54. The summed E-state index contributed by atoms with van der Waals surface area (Å²) in [5.41, 5.74) is 1.28. The van der Waals surface area contributed by atoms with Crippen molar-refractivity contribution >= 4 is 11.6 Å². The third-order valence-electron chi connectivity index (χ3n) is 2.12. The summed E-state index contributed by atoms with van der Waals surface area (Å²) in [5.74, 6) is -0.0468. The zero-order valence-corrected chi connectivity index (χ0v) is 6.54. The number of rotatable bonds is 0. The Morgan fingerprint density at radius 1 is 1.00 bits per heavy atom. The van der Waals surface area contributed by atoms with Gasteiger partial charge in [0.1, 0.15) is 0 Å². The van der Waals surface area contributed by atoms with Crippen molar-refractivity contribution in [3.05, 3.63) is 35.5 Å². The minimum Gasteiger partial charge on any atom is -0.290 e. The number of hydrogen-bond donors (Lipinski definition) is 0. The number of allylic oxidation sites excluding steroid dienone is 6. The van der Waals surface area contributed by atoms with E-state index in [1.165, 1.54) is 12.2 Å². The third-order valence-corrected chi connectivity index (χ3v) is 2.12. The molecule has 0 spiro atoms. The molecule has 0 amide bonds. The highest BCUT2D eigenvalue weighted by atomic mass is 16.1. The van der Waals surface area contributed by atoms with Crippen molar-refractivity contribution in [1.82, 2.24) is 0 Å². The fraction of sp³-hybridized carbons (Fsp3) is 0.200. The van der Waals surface area contributed by atoms with Gasteiger partial charge in [-0.15, -0.1) is 0 Å². The van der Waals surface area contributed by atoms with E-state index in [-0.39, 0.29) is 11.6 Å². The molecule has 0 unspecified atom stereocenters. The van der Waals surface area contributed by atoms with Gasteiger partial charge in [0.05, 0.1) is 0 Å². The molecule has 2 rings (SSSR count). The maximum Gasteiger partial charge on any atom is 0.186 e. The number of carbonyl (C=O) groups excluding carboxylic acids is 2. The van der Waals surface area contributed by atoms with Gasteiger partial charge < -0.3 is 0 Å². The Morgan fingerprint density at radius 2 is 1.75 bits per heavy atom. The predicted molar refractivity (Wildman–Crippen MR) is 44.6 cm³/mol. The van der Waals surface area contributed by atoms with Gasteiger partial charge in [-0.05, 0) is 25.0 Å². The van der Waals surface area contributed by atoms with Crippen molar-refractivity contribution in [3.63, 3.8) is 0 Å². The maximum atomic E-state index is 11.2. The molecule has 2 aliphatic carbocycles. The molecule has 0 heterocycles. The molecule has 0 atom stereocenters. The van der Waals surface area contributed by atoms with Gasteiger partial charge in [-0.2, -0.15) is 0 Å². The molecule has 2 nitrogen and oxygen atoms in total. The third kappa shape index (κ3) is 0.961. The summed E-state index contributed by atoms with van der Waals surface area (Å²) in [6, 6.07) is 0. The van der Waals surface area contributed by atoms with Crippen LogP contribution in [0, 0.1) is 0 Å². The molecule has 2 aliphatic rings. The van der Waals surface area contributed by atoms with Crippen LogP contribution in [0.5, 0.6) is 0 Å². The molecule has 2 heteroatoms. The lowest BCUT2D eigenvalue weighted by Crippen LogP contribution is -2.14. The first-order chi connectivity index (χ1) is 5.79. The van der Waals surface area contributed by atoms with Gasteiger partial charge in [-0.25, -0.2) is 0 Å². The average molecular weight is 160 g/mol. The lowest BCUT2D eigenvalue weighted by Gasteiger charge is -2.14. The molecule has 0 N–H and O–H groups in total. The van der Waals surface area contributed by atoms with Crippen LogP contribution in [0.3, 0.4) is 0 Å². The van der Waals surface area contributed by atoms with Gasteiger partial charge in [-0.1, -0.05) is 12.2 Å². The van der Waals surface area contributed by atoms with Crippen LogP contribution in [0.1, 0.15) is 12.8 Å². The SMILES string of the molecule is O=C1C=CC(=O)C2=C1C=CCC2. The Labute approximate surface area is 70.3 Å². The molecule has 0 aliphatic heterocycles. The molecule has 0 aromatic heterocycles. The topological polar surface area (TPSA) is 34.1 Å². The molecule has 0 saturated heterocycles. The van der Waals surface area contributed by atoms with Gasteiger partial charge in [-0.3, -0.25) is 9.59 Å². The highest BCUT2D eigenvalue weighted by Gasteiger charge is 2.21. The van der Waals surface area contributed by atoms with Gasteiger partial charge in [0, 0.05) is 11.1 Å². The molecule has 12 heavy (non-hydrogen) atoms. The van der Waals surface area contributed by atoms with Gasteiger partial charge in [0.2, 0.25) is 0 Å². The summed E-state index contributed by atoms with van der Waals surface area (Å²) >= 11 is 0. The maximum absolute atomic E-state index is 11.2. The minimum atomic E-state index is -0.0412. The van der Waals surface area contributed by atoms with E-state index in [0.29, 0.717) is 17.6 Å². The molecular weight excluding hydrogens is 152 g/mol. The van der Waals surface area contributed by atoms with Crippen LogP contribution in [0.25, 0.3) is 0 Å². The second-order valence-corrected chi connectivity index (χ2v) is 2.90. The van der Waals surface area contributed by atoms with Crippen molar-refractivity contribution < 1.29 is 9.59 Å². The summed E-state index contributed by atoms with van der Waals surface area (Å²) in [6.45, 7) is 0. The lowest BCUT2D eigenvalue weighted by molar-refractivity contribution is -0.115. The largest absolute Gasteiger partial charge is 0.290 e. The van der Waals surface area contributed by atoms with E-state index < -0.39 is 0 Å². The minimum absolute atomic E-state index is 0.00560. The fourth-order valence-electron chi connectivity index (χ4n) is 1.49. The molecule has 0 aromatic rings. The van der Waals surface area contributed by atoms with Gasteiger partial charge >= 0.3 is 0 Å². The number of carbonyl (C=O) groups is 2. The van der Waals surface area contributed by atoms with Crippen LogP contribution in [-0.4, -0.2) is 11.6 Å². The van der Waals surface area contributed by atoms with Crippen LogP contribution >= 0.6 is 0 Å². The molecular formula is C10H8O2. The van der Waals surface area contributed by atoms with E-state index in [0.717, 1.165) is 6.42 Å². The van der Waals surface area contributed by atoms with Crippen LogP contribution in [0.15, 0.2) is 35.5 Å². The van der Waals surface area contributed by atoms with Crippen LogP contribution in [-0.2, 0) is 9.59 Å². The molecule has 0 fully saturated rings. The van der Waals surface area contributed by atoms with Crippen LogP contribution < -0.4 is 0 Å². The van der Waals surface area contributed by atoms with Gasteiger partial charge in [0.15, 0.2) is 11.6 Å². The Morgan fingerprint density at radius 3 is 2.50 bits per heavy atom. The molecule has 0 radical (unpaired) electrons. The van der Waals surface area contributed by atoms with E-state index >= 15 is 0 Å². The van der Waals surface area contributed by atoms with Crippen LogP contribution in [0.2, 0.25) is 0 Å². The number of hydrogen-bond acceptors (Lipinski definition) is 2. The quantitative estimate of drug-likeness (QED) is 0.501. The van der Waals surface area contributed by atoms with Crippen molar-refractivity contribution in [1.29, 1.82) is 0 Å². The highest BCUT2D eigenvalue weighted by Crippen LogP contribution is 2.23.